The number of rotatable bonds is 8. The highest BCUT2D eigenvalue weighted by atomic mass is 127. The van der Waals surface area contributed by atoms with Crippen LogP contribution in [-0.2, 0) is 4.79 Å². The van der Waals surface area contributed by atoms with Crippen LogP contribution in [0.5, 0.6) is 0 Å². The summed E-state index contributed by atoms with van der Waals surface area (Å²) in [5.41, 5.74) is 4.71. The second kappa shape index (κ2) is 19.4. The Morgan fingerprint density at radius 1 is 0.904 bits per heavy atom. The third kappa shape index (κ3) is 11.4. The van der Waals surface area contributed by atoms with Crippen molar-refractivity contribution in [1.82, 2.24) is 18.8 Å². The van der Waals surface area contributed by atoms with Crippen LogP contribution >= 0.6 is 22.6 Å². The molecule has 4 heterocycles. The highest BCUT2D eigenvalue weighted by molar-refractivity contribution is 14.1. The molecule has 16 heteroatoms. The van der Waals surface area contributed by atoms with Crippen molar-refractivity contribution in [3.05, 3.63) is 139 Å². The maximum absolute atomic E-state index is 12.2. The van der Waals surface area contributed by atoms with E-state index in [-0.39, 0.29) is 35.7 Å². The second-order valence-corrected chi connectivity index (χ2v) is 12.4. The van der Waals surface area contributed by atoms with Crippen LogP contribution < -0.4 is 21.9 Å². The summed E-state index contributed by atoms with van der Waals surface area (Å²) < 4.78 is 5.31. The number of hydrogen-bond acceptors (Lipinski definition) is 9. The zero-order chi connectivity index (χ0) is 37.1. The fraction of sp³-hybridized carbons (Fsp3) is 0.167. The predicted molar refractivity (Wildman–Crippen MR) is 215 cm³/mol. The number of aromatic nitrogens is 4. The number of ketones is 1. The normalized spacial score (nSPS) is 11.2. The van der Waals surface area contributed by atoms with Crippen LogP contribution in [0.25, 0.3) is 16.9 Å². The number of nitrogens with zero attached hydrogens (tertiary/aromatic N) is 5. The summed E-state index contributed by atoms with van der Waals surface area (Å²) in [4.78, 5) is 50.9. The Balaban J connectivity index is 0.000000220. The molecular formula is C36H39B2IN6O7. The summed E-state index contributed by atoms with van der Waals surface area (Å²) in [5, 5.41) is 32.6. The lowest BCUT2D eigenvalue weighted by Gasteiger charge is -2.09. The molecule has 0 saturated carbocycles. The van der Waals surface area contributed by atoms with Gasteiger partial charge in [0.15, 0.2) is 5.78 Å². The van der Waals surface area contributed by atoms with Gasteiger partial charge >= 0.3 is 14.2 Å². The lowest BCUT2D eigenvalue weighted by Crippen LogP contribution is -2.29. The van der Waals surface area contributed by atoms with E-state index >= 15 is 0 Å². The molecule has 52 heavy (non-hydrogen) atoms. The standard InChI is InChI=1S/C18H16N2O2.C13H11IN2O2.C4H8B2N2O3.CH4/c1-2-17(21)13-4-3-5-16(10-13)20-12-15(6-7-18(20)22)14-8-9-19-11-14;1-9(17)15-11-3-2-4-12(7-11)16-8-10(14)5-6-13(16)18;1-5(9)8-3-4(2-7-8)6(10)11;/h3-8,10-12H,2,9H2,1H3;2-8H,1H3,(H,15,17);2-3,9-11H,1H3;1H4. The minimum Gasteiger partial charge on any atom is -0.431 e. The van der Waals surface area contributed by atoms with E-state index in [1.54, 1.807) is 76.3 Å². The summed E-state index contributed by atoms with van der Waals surface area (Å²) in [6.07, 6.45) is 10.5. The van der Waals surface area contributed by atoms with Gasteiger partial charge in [-0.15, -0.1) is 0 Å². The molecule has 1 amide bonds. The molecule has 2 aromatic carbocycles. The van der Waals surface area contributed by atoms with Gasteiger partial charge < -0.3 is 20.4 Å². The van der Waals surface area contributed by atoms with Crippen molar-refractivity contribution in [2.45, 2.75) is 34.5 Å². The van der Waals surface area contributed by atoms with Crippen LogP contribution in [0.3, 0.4) is 0 Å². The maximum Gasteiger partial charge on any atom is 0.491 e. The van der Waals surface area contributed by atoms with Crippen LogP contribution in [0, 0.1) is 3.57 Å². The number of Topliss-reactive ketones (excluding diaryl/α,β-unsaturated/α-hetero) is 1. The number of allylic oxidation sites excluding steroid dienone is 1. The molecule has 5 aromatic rings. The van der Waals surface area contributed by atoms with E-state index in [1.165, 1.54) is 42.9 Å². The molecule has 268 valence electrons. The van der Waals surface area contributed by atoms with Crippen LogP contribution in [-0.4, -0.2) is 72.5 Å². The van der Waals surface area contributed by atoms with Crippen LogP contribution in [0.1, 0.15) is 43.6 Å². The molecule has 0 spiro atoms. The average Bonchev–Trinajstić information content (AvgIpc) is 3.84. The van der Waals surface area contributed by atoms with Crippen LogP contribution in [0.2, 0.25) is 6.82 Å². The number of carbonyl (C=O) groups is 2. The Morgan fingerprint density at radius 2 is 1.56 bits per heavy atom. The zero-order valence-electron chi connectivity index (χ0n) is 28.0. The van der Waals surface area contributed by atoms with Crippen molar-refractivity contribution in [3.8, 4) is 11.4 Å². The first-order valence-electron chi connectivity index (χ1n) is 15.8. The van der Waals surface area contributed by atoms with Crippen molar-refractivity contribution in [1.29, 1.82) is 0 Å². The minimum absolute atomic E-state index is 0. The molecule has 0 unspecified atom stereocenters. The molecule has 0 fully saturated rings. The third-order valence-corrected chi connectivity index (χ3v) is 7.92. The number of nitrogens with one attached hydrogen (secondary N) is 1. The van der Waals surface area contributed by atoms with E-state index in [0.717, 1.165) is 20.4 Å². The van der Waals surface area contributed by atoms with Gasteiger partial charge in [-0.3, -0.25) is 37.9 Å². The quantitative estimate of drug-likeness (QED) is 0.104. The lowest BCUT2D eigenvalue weighted by molar-refractivity contribution is -0.114. The first-order chi connectivity index (χ1) is 24.4. The minimum atomic E-state index is -1.53. The topological polar surface area (TPSA) is 181 Å². The fourth-order valence-electron chi connectivity index (χ4n) is 4.73. The highest BCUT2D eigenvalue weighted by Crippen LogP contribution is 2.17. The van der Waals surface area contributed by atoms with Gasteiger partial charge in [-0.2, -0.15) is 5.10 Å². The summed E-state index contributed by atoms with van der Waals surface area (Å²) in [6.45, 7) is 5.48. The number of carbonyl (C=O) groups excluding carboxylic acids is 2. The van der Waals surface area contributed by atoms with Crippen LogP contribution in [0.15, 0.2) is 118 Å². The van der Waals surface area contributed by atoms with Crippen molar-refractivity contribution in [2.24, 2.45) is 4.99 Å². The molecule has 0 atom stereocenters. The Kier molecular flexibility index (Phi) is 15.4. The molecule has 1 aliphatic heterocycles. The Morgan fingerprint density at radius 3 is 2.13 bits per heavy atom. The van der Waals surface area contributed by atoms with Gasteiger partial charge in [0, 0.05) is 82.5 Å². The molecule has 3 aromatic heterocycles. The molecule has 13 nitrogen and oxygen atoms in total. The maximum atomic E-state index is 12.2. The summed E-state index contributed by atoms with van der Waals surface area (Å²) in [7, 11) is -2.27. The van der Waals surface area contributed by atoms with Crippen molar-refractivity contribution < 1.29 is 24.7 Å². The highest BCUT2D eigenvalue weighted by Gasteiger charge is 2.16. The number of halogens is 1. The van der Waals surface area contributed by atoms with Gasteiger partial charge in [-0.1, -0.05) is 38.6 Å². The Bertz CT molecular complexity index is 2170. The van der Waals surface area contributed by atoms with Crippen molar-refractivity contribution in [3.63, 3.8) is 0 Å². The smallest absolute Gasteiger partial charge is 0.431 e. The molecule has 0 bridgehead atoms. The van der Waals surface area contributed by atoms with E-state index in [2.05, 4.69) is 38.0 Å². The molecule has 1 aliphatic rings. The monoisotopic (exact) mass is 816 g/mol. The van der Waals surface area contributed by atoms with Crippen LogP contribution in [0.4, 0.5) is 5.69 Å². The number of amides is 1. The number of benzene rings is 2. The van der Waals surface area contributed by atoms with Crippen molar-refractivity contribution in [2.75, 3.05) is 11.9 Å². The summed E-state index contributed by atoms with van der Waals surface area (Å²) in [5.74, 6) is -0.0705. The summed E-state index contributed by atoms with van der Waals surface area (Å²) >= 11 is 2.15. The zero-order valence-corrected chi connectivity index (χ0v) is 30.2. The molecule has 6 rings (SSSR count). The van der Waals surface area contributed by atoms with E-state index in [0.29, 0.717) is 29.9 Å². The van der Waals surface area contributed by atoms with E-state index in [1.807, 2.05) is 25.1 Å². The van der Waals surface area contributed by atoms with Gasteiger partial charge in [0.05, 0.1) is 12.2 Å². The van der Waals surface area contributed by atoms with E-state index < -0.39 is 14.2 Å². The number of aliphatic imine (C=N–C) groups is 1. The average molecular weight is 816 g/mol. The van der Waals surface area contributed by atoms with Crippen molar-refractivity contribution >= 4 is 71.4 Å². The van der Waals surface area contributed by atoms with Gasteiger partial charge in [0.2, 0.25) is 5.91 Å². The SMILES string of the molecule is C.CB(O)n1cc(B(O)O)cn1.CC(=O)Nc1cccc(-n2cc(I)ccc2=O)c1.CCC(=O)c1cccc(-n2cc(C3=CCN=C3)ccc2=O)c1. The number of anilines is 1. The first kappa shape index (κ1) is 41.3. The Labute approximate surface area is 315 Å². The van der Waals surface area contributed by atoms with Gasteiger partial charge in [0.1, 0.15) is 0 Å². The molecular weight excluding hydrogens is 777 g/mol. The summed E-state index contributed by atoms with van der Waals surface area (Å²) in [6, 6.07) is 20.9. The largest absolute Gasteiger partial charge is 0.491 e. The number of hydrogen-bond donors (Lipinski definition) is 4. The molecule has 0 saturated heterocycles. The fourth-order valence-corrected chi connectivity index (χ4v) is 5.19. The van der Waals surface area contributed by atoms with E-state index in [9.17, 15) is 19.2 Å². The van der Waals surface area contributed by atoms with Gasteiger partial charge in [0.25, 0.3) is 11.1 Å². The van der Waals surface area contributed by atoms with Gasteiger partial charge in [-0.05, 0) is 83.0 Å². The third-order valence-electron chi connectivity index (χ3n) is 7.28. The second-order valence-electron chi connectivity index (χ2n) is 11.2. The first-order valence-corrected chi connectivity index (χ1v) is 16.8. The molecule has 0 aliphatic carbocycles. The van der Waals surface area contributed by atoms with E-state index in [4.69, 9.17) is 15.1 Å². The number of pyridine rings is 2. The Hall–Kier alpha value is -5.16. The molecule has 0 radical (unpaired) electrons. The molecule has 4 N–H and O–H groups in total. The van der Waals surface area contributed by atoms with Gasteiger partial charge in [-0.25, -0.2) is 0 Å². The lowest BCUT2D eigenvalue weighted by atomic mass is 9.82. The predicted octanol–water partition coefficient (Wildman–Crippen LogP) is 3.46.